The van der Waals surface area contributed by atoms with E-state index in [1.807, 2.05) is 30.5 Å². The van der Waals surface area contributed by atoms with Crippen LogP contribution in [0.25, 0.3) is 22.2 Å². The van der Waals surface area contributed by atoms with Gasteiger partial charge in [-0.15, -0.1) is 0 Å². The van der Waals surface area contributed by atoms with Crippen molar-refractivity contribution in [1.29, 1.82) is 0 Å². The maximum atomic E-state index is 4.50. The van der Waals surface area contributed by atoms with Crippen molar-refractivity contribution >= 4 is 16.7 Å². The molecule has 1 aromatic carbocycles. The first-order valence-corrected chi connectivity index (χ1v) is 6.79. The summed E-state index contributed by atoms with van der Waals surface area (Å²) in [6.45, 7) is 3.01. The molecule has 4 nitrogen and oxygen atoms in total. The summed E-state index contributed by atoms with van der Waals surface area (Å²) in [5.74, 6) is 0.825. The number of aromatic nitrogens is 3. The number of para-hydroxylation sites is 1. The second kappa shape index (κ2) is 5.65. The second-order valence-electron chi connectivity index (χ2n) is 4.56. The lowest BCUT2D eigenvalue weighted by molar-refractivity contribution is 0.966. The quantitative estimate of drug-likeness (QED) is 0.783. The number of anilines is 1. The van der Waals surface area contributed by atoms with E-state index in [2.05, 4.69) is 33.3 Å². The molecule has 0 saturated carbocycles. The fourth-order valence-corrected chi connectivity index (χ4v) is 2.21. The fourth-order valence-electron chi connectivity index (χ4n) is 2.21. The molecule has 0 bridgehead atoms. The Kier molecular flexibility index (Phi) is 3.54. The van der Waals surface area contributed by atoms with Crippen molar-refractivity contribution in [2.24, 2.45) is 0 Å². The largest absolute Gasteiger partial charge is 0.368 e. The molecular formula is C16H16N4. The van der Waals surface area contributed by atoms with Gasteiger partial charge in [0.15, 0.2) is 5.82 Å². The molecule has 0 aliphatic carbocycles. The van der Waals surface area contributed by atoms with Crippen molar-refractivity contribution in [2.45, 2.75) is 13.3 Å². The lowest BCUT2D eigenvalue weighted by Gasteiger charge is -2.10. The van der Waals surface area contributed by atoms with Gasteiger partial charge >= 0.3 is 0 Å². The highest BCUT2D eigenvalue weighted by Gasteiger charge is 2.10. The van der Waals surface area contributed by atoms with Gasteiger partial charge in [0.2, 0.25) is 0 Å². The van der Waals surface area contributed by atoms with Gasteiger partial charge in [-0.05, 0) is 18.6 Å². The van der Waals surface area contributed by atoms with E-state index in [0.29, 0.717) is 0 Å². The SMILES string of the molecule is CCCNc1nccnc1-c1ccnc2ccccc12. The summed E-state index contributed by atoms with van der Waals surface area (Å²) in [6, 6.07) is 10.1. The van der Waals surface area contributed by atoms with E-state index < -0.39 is 0 Å². The molecule has 2 heterocycles. The van der Waals surface area contributed by atoms with Crippen LogP contribution in [0.15, 0.2) is 48.9 Å². The van der Waals surface area contributed by atoms with Gasteiger partial charge in [-0.25, -0.2) is 4.98 Å². The van der Waals surface area contributed by atoms with Crippen molar-refractivity contribution in [3.05, 3.63) is 48.9 Å². The number of benzene rings is 1. The minimum absolute atomic E-state index is 0.825. The van der Waals surface area contributed by atoms with Crippen LogP contribution in [0.2, 0.25) is 0 Å². The van der Waals surface area contributed by atoms with Crippen molar-refractivity contribution in [3.8, 4) is 11.3 Å². The first kappa shape index (κ1) is 12.5. The summed E-state index contributed by atoms with van der Waals surface area (Å²) in [7, 11) is 0. The van der Waals surface area contributed by atoms with E-state index >= 15 is 0 Å². The first-order chi connectivity index (χ1) is 9.90. The van der Waals surface area contributed by atoms with E-state index in [4.69, 9.17) is 0 Å². The van der Waals surface area contributed by atoms with Gasteiger partial charge in [-0.3, -0.25) is 9.97 Å². The Hall–Kier alpha value is -2.49. The van der Waals surface area contributed by atoms with Gasteiger partial charge < -0.3 is 5.32 Å². The Morgan fingerprint density at radius 3 is 2.70 bits per heavy atom. The smallest absolute Gasteiger partial charge is 0.152 e. The average Bonchev–Trinajstić information content (AvgIpc) is 2.53. The third-order valence-corrected chi connectivity index (χ3v) is 3.14. The standard InChI is InChI=1S/C16H16N4/c1-2-8-19-16-15(18-10-11-20-16)13-7-9-17-14-6-4-3-5-12(13)14/h3-7,9-11H,2,8H2,1H3,(H,19,20). The minimum Gasteiger partial charge on any atom is -0.368 e. The maximum absolute atomic E-state index is 4.50. The van der Waals surface area contributed by atoms with Crippen LogP contribution < -0.4 is 5.32 Å². The molecule has 3 aromatic rings. The van der Waals surface area contributed by atoms with Crippen LogP contribution >= 0.6 is 0 Å². The molecule has 2 aromatic heterocycles. The molecule has 1 N–H and O–H groups in total. The summed E-state index contributed by atoms with van der Waals surface area (Å²) in [6.07, 6.45) is 6.30. The summed E-state index contributed by atoms with van der Waals surface area (Å²) < 4.78 is 0. The monoisotopic (exact) mass is 264 g/mol. The molecule has 100 valence electrons. The molecule has 0 amide bonds. The molecule has 4 heteroatoms. The summed E-state index contributed by atoms with van der Waals surface area (Å²) in [5, 5.41) is 4.42. The molecule has 0 spiro atoms. The van der Waals surface area contributed by atoms with Crippen LogP contribution in [0.5, 0.6) is 0 Å². The minimum atomic E-state index is 0.825. The molecule has 0 atom stereocenters. The van der Waals surface area contributed by atoms with E-state index in [1.54, 1.807) is 12.4 Å². The topological polar surface area (TPSA) is 50.7 Å². The second-order valence-corrected chi connectivity index (χ2v) is 4.56. The van der Waals surface area contributed by atoms with Crippen molar-refractivity contribution < 1.29 is 0 Å². The molecule has 0 aliphatic rings. The molecule has 20 heavy (non-hydrogen) atoms. The van der Waals surface area contributed by atoms with Crippen LogP contribution in [0.1, 0.15) is 13.3 Å². The van der Waals surface area contributed by atoms with E-state index in [9.17, 15) is 0 Å². The average molecular weight is 264 g/mol. The van der Waals surface area contributed by atoms with E-state index in [-0.39, 0.29) is 0 Å². The highest BCUT2D eigenvalue weighted by Crippen LogP contribution is 2.29. The lowest BCUT2D eigenvalue weighted by Crippen LogP contribution is -2.04. The van der Waals surface area contributed by atoms with Gasteiger partial charge in [-0.2, -0.15) is 0 Å². The van der Waals surface area contributed by atoms with Crippen LogP contribution in [-0.2, 0) is 0 Å². The van der Waals surface area contributed by atoms with Gasteiger partial charge in [0.05, 0.1) is 5.52 Å². The fraction of sp³-hybridized carbons (Fsp3) is 0.188. The van der Waals surface area contributed by atoms with Gasteiger partial charge in [0, 0.05) is 36.1 Å². The first-order valence-electron chi connectivity index (χ1n) is 6.79. The normalized spacial score (nSPS) is 10.7. The van der Waals surface area contributed by atoms with Gasteiger partial charge in [0.1, 0.15) is 5.69 Å². The van der Waals surface area contributed by atoms with E-state index in [0.717, 1.165) is 40.9 Å². The number of fused-ring (bicyclic) bond motifs is 1. The lowest BCUT2D eigenvalue weighted by atomic mass is 10.1. The Balaban J connectivity index is 2.16. The molecule has 3 rings (SSSR count). The van der Waals surface area contributed by atoms with Gasteiger partial charge in [0.25, 0.3) is 0 Å². The van der Waals surface area contributed by atoms with Crippen LogP contribution in [0.4, 0.5) is 5.82 Å². The zero-order valence-corrected chi connectivity index (χ0v) is 11.4. The predicted octanol–water partition coefficient (Wildman–Crippen LogP) is 3.51. The number of hydrogen-bond donors (Lipinski definition) is 1. The highest BCUT2D eigenvalue weighted by molar-refractivity contribution is 5.95. The number of pyridine rings is 1. The molecule has 0 saturated heterocycles. The summed E-state index contributed by atoms with van der Waals surface area (Å²) >= 11 is 0. The van der Waals surface area contributed by atoms with Crippen molar-refractivity contribution in [3.63, 3.8) is 0 Å². The molecular weight excluding hydrogens is 248 g/mol. The van der Waals surface area contributed by atoms with Gasteiger partial charge in [-0.1, -0.05) is 25.1 Å². The third kappa shape index (κ3) is 2.32. The van der Waals surface area contributed by atoms with Crippen LogP contribution in [0.3, 0.4) is 0 Å². The predicted molar refractivity (Wildman–Crippen MR) is 81.5 cm³/mol. The highest BCUT2D eigenvalue weighted by atomic mass is 15.0. The zero-order chi connectivity index (χ0) is 13.8. The Morgan fingerprint density at radius 2 is 1.80 bits per heavy atom. The summed E-state index contributed by atoms with van der Waals surface area (Å²) in [5.41, 5.74) is 2.90. The Bertz CT molecular complexity index is 719. The van der Waals surface area contributed by atoms with Crippen molar-refractivity contribution in [1.82, 2.24) is 15.0 Å². The van der Waals surface area contributed by atoms with Crippen LogP contribution in [0, 0.1) is 0 Å². The summed E-state index contributed by atoms with van der Waals surface area (Å²) in [4.78, 5) is 13.3. The molecule has 0 radical (unpaired) electrons. The molecule has 0 aliphatic heterocycles. The number of nitrogens with zero attached hydrogens (tertiary/aromatic N) is 3. The molecule has 0 unspecified atom stereocenters. The number of nitrogens with one attached hydrogen (secondary N) is 1. The third-order valence-electron chi connectivity index (χ3n) is 3.14. The molecule has 0 fully saturated rings. The van der Waals surface area contributed by atoms with Crippen LogP contribution in [-0.4, -0.2) is 21.5 Å². The Labute approximate surface area is 117 Å². The Morgan fingerprint density at radius 1 is 0.950 bits per heavy atom. The number of hydrogen-bond acceptors (Lipinski definition) is 4. The van der Waals surface area contributed by atoms with E-state index in [1.165, 1.54) is 0 Å². The zero-order valence-electron chi connectivity index (χ0n) is 11.4. The number of rotatable bonds is 4. The maximum Gasteiger partial charge on any atom is 0.152 e. The van der Waals surface area contributed by atoms with Crippen molar-refractivity contribution in [2.75, 3.05) is 11.9 Å².